The van der Waals surface area contributed by atoms with E-state index in [9.17, 15) is 0 Å². The van der Waals surface area contributed by atoms with Crippen molar-refractivity contribution in [2.75, 3.05) is 26.4 Å². The molecule has 0 bridgehead atoms. The smallest absolute Gasteiger partial charge is 0.0588 e. The molecule has 0 fully saturated rings. The lowest BCUT2D eigenvalue weighted by Gasteiger charge is -2.03. The summed E-state index contributed by atoms with van der Waals surface area (Å²) in [5.41, 5.74) is 5.22. The zero-order valence-electron chi connectivity index (χ0n) is 8.55. The second-order valence-electron chi connectivity index (χ2n) is 2.90. The van der Waals surface area contributed by atoms with Crippen molar-refractivity contribution in [1.29, 1.82) is 0 Å². The average Bonchev–Trinajstić information content (AvgIpc) is 1.99. The molecule has 0 aromatic carbocycles. The first-order valence-corrected chi connectivity index (χ1v) is 4.57. The minimum absolute atomic E-state index is 0.250. The van der Waals surface area contributed by atoms with E-state index in [0.717, 1.165) is 18.9 Å². The van der Waals surface area contributed by atoms with Gasteiger partial charge < -0.3 is 15.6 Å². The van der Waals surface area contributed by atoms with Crippen LogP contribution in [0.15, 0.2) is 0 Å². The van der Waals surface area contributed by atoms with E-state index in [1.807, 2.05) is 0 Å². The minimum atomic E-state index is 0.250. The first-order chi connectivity index (χ1) is 5.68. The molecule has 12 heavy (non-hydrogen) atoms. The summed E-state index contributed by atoms with van der Waals surface area (Å²) >= 11 is 0. The van der Waals surface area contributed by atoms with Gasteiger partial charge in [-0.25, -0.2) is 0 Å². The van der Waals surface area contributed by atoms with Gasteiger partial charge in [0.05, 0.1) is 6.61 Å². The molecule has 0 rings (SSSR count). The van der Waals surface area contributed by atoms with Gasteiger partial charge in [0.1, 0.15) is 0 Å². The van der Waals surface area contributed by atoms with Gasteiger partial charge in [-0.15, -0.1) is 0 Å². The molecule has 0 saturated carbocycles. The number of rotatable bonds is 5. The second kappa shape index (κ2) is 13.5. The molecule has 3 nitrogen and oxygen atoms in total. The Kier molecular flexibility index (Phi) is 16.2. The monoisotopic (exact) mass is 177 g/mol. The van der Waals surface area contributed by atoms with Gasteiger partial charge in [-0.3, -0.25) is 0 Å². The standard InChI is InChI=1S/C7H17NO.C2H6O/c1-7(2)3-5-9-6-4-8;1-2-3/h7H,3-6,8H2,1-2H3;3H,2H2,1H3. The van der Waals surface area contributed by atoms with Crippen LogP contribution in [-0.2, 0) is 4.74 Å². The predicted molar refractivity (Wildman–Crippen MR) is 52.1 cm³/mol. The maximum absolute atomic E-state index is 7.57. The van der Waals surface area contributed by atoms with Crippen molar-refractivity contribution in [3.05, 3.63) is 0 Å². The second-order valence-corrected chi connectivity index (χ2v) is 2.90. The number of ether oxygens (including phenoxy) is 1. The van der Waals surface area contributed by atoms with E-state index in [4.69, 9.17) is 15.6 Å². The van der Waals surface area contributed by atoms with Crippen molar-refractivity contribution < 1.29 is 9.84 Å². The molecule has 0 radical (unpaired) electrons. The molecule has 0 aliphatic heterocycles. The Labute approximate surface area is 75.9 Å². The topological polar surface area (TPSA) is 55.5 Å². The molecule has 76 valence electrons. The highest BCUT2D eigenvalue weighted by Gasteiger charge is 1.91. The maximum Gasteiger partial charge on any atom is 0.0588 e. The molecule has 0 aliphatic carbocycles. The molecular formula is C9H23NO2. The fourth-order valence-corrected chi connectivity index (χ4v) is 0.504. The number of aliphatic hydroxyl groups excluding tert-OH is 1. The van der Waals surface area contributed by atoms with Crippen LogP contribution in [0.2, 0.25) is 0 Å². The van der Waals surface area contributed by atoms with Crippen molar-refractivity contribution in [1.82, 2.24) is 0 Å². The predicted octanol–water partition coefficient (Wildman–Crippen LogP) is 1.01. The SMILES string of the molecule is CC(C)CCOCCN.CCO. The summed E-state index contributed by atoms with van der Waals surface area (Å²) in [5, 5.41) is 7.57. The lowest BCUT2D eigenvalue weighted by Crippen LogP contribution is -2.09. The van der Waals surface area contributed by atoms with Gasteiger partial charge in [-0.1, -0.05) is 13.8 Å². The maximum atomic E-state index is 7.57. The summed E-state index contributed by atoms with van der Waals surface area (Å²) in [6, 6.07) is 0. The third kappa shape index (κ3) is 22.5. The van der Waals surface area contributed by atoms with Gasteiger partial charge >= 0.3 is 0 Å². The van der Waals surface area contributed by atoms with E-state index in [-0.39, 0.29) is 6.61 Å². The lowest BCUT2D eigenvalue weighted by atomic mass is 10.1. The average molecular weight is 177 g/mol. The lowest BCUT2D eigenvalue weighted by molar-refractivity contribution is 0.130. The van der Waals surface area contributed by atoms with Crippen molar-refractivity contribution in [3.63, 3.8) is 0 Å². The van der Waals surface area contributed by atoms with E-state index in [1.165, 1.54) is 0 Å². The highest BCUT2D eigenvalue weighted by Crippen LogP contribution is 1.97. The largest absolute Gasteiger partial charge is 0.397 e. The number of aliphatic hydroxyl groups is 1. The van der Waals surface area contributed by atoms with Crippen LogP contribution in [0.3, 0.4) is 0 Å². The van der Waals surface area contributed by atoms with Crippen LogP contribution in [0.25, 0.3) is 0 Å². The molecule has 3 heteroatoms. The molecule has 0 aliphatic rings. The molecule has 0 aromatic heterocycles. The van der Waals surface area contributed by atoms with Crippen LogP contribution in [0, 0.1) is 5.92 Å². The molecule has 3 N–H and O–H groups in total. The number of nitrogens with two attached hydrogens (primary N) is 1. The zero-order valence-corrected chi connectivity index (χ0v) is 8.55. The normalized spacial score (nSPS) is 9.50. The Bertz CT molecular complexity index is 67.5. The van der Waals surface area contributed by atoms with E-state index in [2.05, 4.69) is 13.8 Å². The van der Waals surface area contributed by atoms with E-state index >= 15 is 0 Å². The first kappa shape index (κ1) is 14.4. The summed E-state index contributed by atoms with van der Waals surface area (Å²) in [7, 11) is 0. The Morgan fingerprint density at radius 3 is 2.17 bits per heavy atom. The molecule has 0 atom stereocenters. The van der Waals surface area contributed by atoms with Crippen molar-refractivity contribution in [2.24, 2.45) is 11.7 Å². The van der Waals surface area contributed by atoms with Gasteiger partial charge in [0.2, 0.25) is 0 Å². The van der Waals surface area contributed by atoms with Crippen LogP contribution in [0.4, 0.5) is 0 Å². The van der Waals surface area contributed by atoms with Crippen LogP contribution >= 0.6 is 0 Å². The Balaban J connectivity index is 0. The van der Waals surface area contributed by atoms with Gasteiger partial charge in [0.25, 0.3) is 0 Å². The fourth-order valence-electron chi connectivity index (χ4n) is 0.504. The number of hydrogen-bond acceptors (Lipinski definition) is 3. The van der Waals surface area contributed by atoms with Crippen LogP contribution in [0.1, 0.15) is 27.2 Å². The molecule has 0 aromatic rings. The van der Waals surface area contributed by atoms with Gasteiger partial charge in [0, 0.05) is 19.8 Å². The van der Waals surface area contributed by atoms with E-state index in [0.29, 0.717) is 13.2 Å². The molecule has 0 unspecified atom stereocenters. The summed E-state index contributed by atoms with van der Waals surface area (Å²) in [5.74, 6) is 0.739. The first-order valence-electron chi connectivity index (χ1n) is 4.57. The van der Waals surface area contributed by atoms with Crippen LogP contribution in [-0.4, -0.2) is 31.5 Å². The third-order valence-corrected chi connectivity index (χ3v) is 1.10. The van der Waals surface area contributed by atoms with E-state index in [1.54, 1.807) is 6.92 Å². The fraction of sp³-hybridized carbons (Fsp3) is 1.00. The van der Waals surface area contributed by atoms with Crippen molar-refractivity contribution in [3.8, 4) is 0 Å². The van der Waals surface area contributed by atoms with Crippen LogP contribution < -0.4 is 5.73 Å². The summed E-state index contributed by atoms with van der Waals surface area (Å²) in [6.45, 7) is 8.50. The van der Waals surface area contributed by atoms with Gasteiger partial charge in [-0.05, 0) is 19.3 Å². The quantitative estimate of drug-likeness (QED) is 0.616. The summed E-state index contributed by atoms with van der Waals surface area (Å²) in [4.78, 5) is 0. The zero-order chi connectivity index (χ0) is 9.82. The third-order valence-electron chi connectivity index (χ3n) is 1.10. The molecule has 0 amide bonds. The van der Waals surface area contributed by atoms with Crippen molar-refractivity contribution in [2.45, 2.75) is 27.2 Å². The Morgan fingerprint density at radius 1 is 1.33 bits per heavy atom. The highest BCUT2D eigenvalue weighted by molar-refractivity contribution is 4.42. The Hall–Kier alpha value is -0.120. The summed E-state index contributed by atoms with van der Waals surface area (Å²) in [6.07, 6.45) is 1.14. The van der Waals surface area contributed by atoms with Gasteiger partial charge in [0.15, 0.2) is 0 Å². The Morgan fingerprint density at radius 2 is 1.83 bits per heavy atom. The molecule has 0 saturated heterocycles. The van der Waals surface area contributed by atoms with E-state index < -0.39 is 0 Å². The van der Waals surface area contributed by atoms with Crippen LogP contribution in [0.5, 0.6) is 0 Å². The van der Waals surface area contributed by atoms with Gasteiger partial charge in [-0.2, -0.15) is 0 Å². The molecular weight excluding hydrogens is 154 g/mol. The minimum Gasteiger partial charge on any atom is -0.397 e. The molecule has 0 heterocycles. The number of hydrogen-bond donors (Lipinski definition) is 2. The summed E-state index contributed by atoms with van der Waals surface area (Å²) < 4.78 is 5.17. The molecule has 0 spiro atoms. The highest BCUT2D eigenvalue weighted by atomic mass is 16.5. The van der Waals surface area contributed by atoms with Crippen molar-refractivity contribution >= 4 is 0 Å².